The molecular formula is C10H10BrN3S. The van der Waals surface area contributed by atoms with E-state index in [2.05, 4.69) is 37.3 Å². The lowest BCUT2D eigenvalue weighted by Crippen LogP contribution is -1.97. The minimum absolute atomic E-state index is 0.779. The lowest BCUT2D eigenvalue weighted by atomic mass is 10.3. The molecule has 2 rings (SSSR count). The Kier molecular flexibility index (Phi) is 3.02. The first-order valence-corrected chi connectivity index (χ1v) is 6.14. The van der Waals surface area contributed by atoms with E-state index < -0.39 is 0 Å². The molecule has 0 spiro atoms. The summed E-state index contributed by atoms with van der Waals surface area (Å²) in [4.78, 5) is 9.80. The Hall–Kier alpha value is -0.940. The minimum atomic E-state index is 0.779. The number of halogens is 1. The second kappa shape index (κ2) is 4.28. The van der Waals surface area contributed by atoms with Gasteiger partial charge in [-0.3, -0.25) is 0 Å². The molecule has 78 valence electrons. The minimum Gasteiger partial charge on any atom is -0.373 e. The number of anilines is 1. The van der Waals surface area contributed by atoms with E-state index in [0.717, 1.165) is 26.7 Å². The van der Waals surface area contributed by atoms with Crippen molar-refractivity contribution in [2.75, 3.05) is 12.4 Å². The van der Waals surface area contributed by atoms with E-state index in [9.17, 15) is 0 Å². The van der Waals surface area contributed by atoms with Gasteiger partial charge in [0, 0.05) is 23.0 Å². The van der Waals surface area contributed by atoms with Gasteiger partial charge in [0.25, 0.3) is 0 Å². The summed E-state index contributed by atoms with van der Waals surface area (Å²) in [6.07, 6.45) is 0. The Morgan fingerprint density at radius 3 is 2.73 bits per heavy atom. The number of rotatable bonds is 2. The van der Waals surface area contributed by atoms with E-state index in [1.54, 1.807) is 11.3 Å². The van der Waals surface area contributed by atoms with E-state index in [1.807, 2.05) is 25.4 Å². The second-order valence-corrected chi connectivity index (χ2v) is 4.89. The summed E-state index contributed by atoms with van der Waals surface area (Å²) >= 11 is 5.10. The third kappa shape index (κ3) is 2.35. The number of hydrogen-bond acceptors (Lipinski definition) is 4. The average molecular weight is 284 g/mol. The average Bonchev–Trinajstić information content (AvgIpc) is 2.64. The highest BCUT2D eigenvalue weighted by atomic mass is 79.9. The van der Waals surface area contributed by atoms with Crippen LogP contribution in [0.15, 0.2) is 22.0 Å². The van der Waals surface area contributed by atoms with Gasteiger partial charge in [0.15, 0.2) is 0 Å². The number of hydrogen-bond donors (Lipinski definition) is 1. The maximum Gasteiger partial charge on any atom is 0.130 e. The number of nitrogens with one attached hydrogen (secondary N) is 1. The predicted octanol–water partition coefficient (Wildman–Crippen LogP) is 3.32. The van der Waals surface area contributed by atoms with E-state index in [0.29, 0.717) is 0 Å². The molecule has 0 aliphatic heterocycles. The summed E-state index contributed by atoms with van der Waals surface area (Å²) in [5.74, 6) is 1.63. The third-order valence-electron chi connectivity index (χ3n) is 1.91. The predicted molar refractivity (Wildman–Crippen MR) is 67.3 cm³/mol. The molecule has 0 saturated carbocycles. The Morgan fingerprint density at radius 2 is 2.13 bits per heavy atom. The largest absolute Gasteiger partial charge is 0.373 e. The lowest BCUT2D eigenvalue weighted by Gasteiger charge is -2.03. The van der Waals surface area contributed by atoms with Crippen molar-refractivity contribution in [1.82, 2.24) is 9.97 Å². The molecule has 5 heteroatoms. The van der Waals surface area contributed by atoms with Crippen LogP contribution < -0.4 is 5.32 Å². The molecule has 0 aromatic carbocycles. The fourth-order valence-electron chi connectivity index (χ4n) is 1.27. The standard InChI is InChI=1S/C10H10BrN3S/c1-6-13-8(4-10(12-2)14-6)9-3-7(11)5-15-9/h3-5H,1-2H3,(H,12,13,14). The maximum atomic E-state index is 4.40. The number of aromatic nitrogens is 2. The van der Waals surface area contributed by atoms with Gasteiger partial charge in [-0.15, -0.1) is 11.3 Å². The van der Waals surface area contributed by atoms with Crippen LogP contribution in [0.25, 0.3) is 10.6 Å². The summed E-state index contributed by atoms with van der Waals surface area (Å²) in [7, 11) is 1.86. The number of thiophene rings is 1. The fourth-order valence-corrected chi connectivity index (χ4v) is 2.66. The van der Waals surface area contributed by atoms with Crippen LogP contribution in [0.3, 0.4) is 0 Å². The first kappa shape index (κ1) is 10.6. The monoisotopic (exact) mass is 283 g/mol. The van der Waals surface area contributed by atoms with E-state index in [1.165, 1.54) is 0 Å². The van der Waals surface area contributed by atoms with Gasteiger partial charge in [-0.1, -0.05) is 0 Å². The molecule has 0 aliphatic carbocycles. The first-order valence-electron chi connectivity index (χ1n) is 4.47. The first-order chi connectivity index (χ1) is 7.19. The zero-order chi connectivity index (χ0) is 10.8. The molecule has 0 unspecified atom stereocenters. The highest BCUT2D eigenvalue weighted by Crippen LogP contribution is 2.29. The van der Waals surface area contributed by atoms with Gasteiger partial charge in [0.05, 0.1) is 10.6 Å². The highest BCUT2D eigenvalue weighted by Gasteiger charge is 2.05. The molecule has 0 saturated heterocycles. The molecule has 0 atom stereocenters. The van der Waals surface area contributed by atoms with Crippen LogP contribution in [0, 0.1) is 6.92 Å². The van der Waals surface area contributed by atoms with Crippen molar-refractivity contribution in [3.8, 4) is 10.6 Å². The highest BCUT2D eigenvalue weighted by molar-refractivity contribution is 9.10. The van der Waals surface area contributed by atoms with Crippen molar-refractivity contribution in [2.24, 2.45) is 0 Å². The Bertz CT molecular complexity index is 481. The molecule has 0 bridgehead atoms. The number of nitrogens with zero attached hydrogens (tertiary/aromatic N) is 2. The molecular weight excluding hydrogens is 274 g/mol. The van der Waals surface area contributed by atoms with Crippen LogP contribution in [-0.2, 0) is 0 Å². The smallest absolute Gasteiger partial charge is 0.130 e. The van der Waals surface area contributed by atoms with Gasteiger partial charge >= 0.3 is 0 Å². The summed E-state index contributed by atoms with van der Waals surface area (Å²) in [6.45, 7) is 1.90. The zero-order valence-electron chi connectivity index (χ0n) is 8.41. The van der Waals surface area contributed by atoms with Crippen molar-refractivity contribution in [3.05, 3.63) is 27.8 Å². The van der Waals surface area contributed by atoms with Gasteiger partial charge < -0.3 is 5.32 Å². The zero-order valence-corrected chi connectivity index (χ0v) is 10.8. The van der Waals surface area contributed by atoms with E-state index >= 15 is 0 Å². The van der Waals surface area contributed by atoms with Crippen LogP contribution in [0.1, 0.15) is 5.82 Å². The van der Waals surface area contributed by atoms with Crippen LogP contribution in [-0.4, -0.2) is 17.0 Å². The molecule has 15 heavy (non-hydrogen) atoms. The van der Waals surface area contributed by atoms with Gasteiger partial charge in [-0.2, -0.15) is 0 Å². The molecule has 3 nitrogen and oxygen atoms in total. The second-order valence-electron chi connectivity index (χ2n) is 3.06. The number of aryl methyl sites for hydroxylation is 1. The van der Waals surface area contributed by atoms with Crippen LogP contribution >= 0.6 is 27.3 Å². The summed E-state index contributed by atoms with van der Waals surface area (Å²) < 4.78 is 1.09. The third-order valence-corrected chi connectivity index (χ3v) is 3.63. The van der Waals surface area contributed by atoms with Crippen molar-refractivity contribution >= 4 is 33.1 Å². The summed E-state index contributed by atoms with van der Waals surface area (Å²) in [6, 6.07) is 4.01. The quantitative estimate of drug-likeness (QED) is 0.919. The Balaban J connectivity index is 2.48. The lowest BCUT2D eigenvalue weighted by molar-refractivity contribution is 1.06. The van der Waals surface area contributed by atoms with Crippen molar-refractivity contribution in [1.29, 1.82) is 0 Å². The van der Waals surface area contributed by atoms with E-state index in [-0.39, 0.29) is 0 Å². The molecule has 0 aliphatic rings. The van der Waals surface area contributed by atoms with Gasteiger partial charge in [-0.05, 0) is 28.9 Å². The van der Waals surface area contributed by atoms with Crippen molar-refractivity contribution < 1.29 is 0 Å². The molecule has 0 amide bonds. The Morgan fingerprint density at radius 1 is 1.33 bits per heavy atom. The molecule has 0 fully saturated rings. The molecule has 2 aromatic heterocycles. The maximum absolute atomic E-state index is 4.40. The van der Waals surface area contributed by atoms with Gasteiger partial charge in [0.1, 0.15) is 11.6 Å². The van der Waals surface area contributed by atoms with E-state index in [4.69, 9.17) is 0 Å². The van der Waals surface area contributed by atoms with Gasteiger partial charge in [0.2, 0.25) is 0 Å². The molecule has 2 aromatic rings. The van der Waals surface area contributed by atoms with Crippen LogP contribution in [0.2, 0.25) is 0 Å². The van der Waals surface area contributed by atoms with Crippen molar-refractivity contribution in [2.45, 2.75) is 6.92 Å². The van der Waals surface area contributed by atoms with Gasteiger partial charge in [-0.25, -0.2) is 9.97 Å². The SMILES string of the molecule is CNc1cc(-c2cc(Br)cs2)nc(C)n1. The summed E-state index contributed by atoms with van der Waals surface area (Å²) in [5.41, 5.74) is 0.961. The Labute approximate surface area is 101 Å². The van der Waals surface area contributed by atoms with Crippen LogP contribution in [0.5, 0.6) is 0 Å². The topological polar surface area (TPSA) is 37.8 Å². The summed E-state index contributed by atoms with van der Waals surface area (Å²) in [5, 5.41) is 5.07. The molecule has 0 radical (unpaired) electrons. The molecule has 1 N–H and O–H groups in total. The fraction of sp³-hybridized carbons (Fsp3) is 0.200. The molecule has 2 heterocycles. The van der Waals surface area contributed by atoms with Crippen LogP contribution in [0.4, 0.5) is 5.82 Å². The van der Waals surface area contributed by atoms with Crippen molar-refractivity contribution in [3.63, 3.8) is 0 Å². The normalized spacial score (nSPS) is 10.3.